The molecule has 3 aromatic rings. The Morgan fingerprint density at radius 2 is 1.58 bits per heavy atom. The zero-order valence-electron chi connectivity index (χ0n) is 13.5. The molecule has 0 bridgehead atoms. The van der Waals surface area contributed by atoms with Crippen molar-refractivity contribution in [3.63, 3.8) is 0 Å². The minimum absolute atomic E-state index is 0.0989. The van der Waals surface area contributed by atoms with Crippen molar-refractivity contribution in [2.75, 3.05) is 6.26 Å². The first-order chi connectivity index (χ1) is 11.2. The Balaban J connectivity index is 2.37. The molecule has 0 spiro atoms. The summed E-state index contributed by atoms with van der Waals surface area (Å²) in [4.78, 5) is 12.8. The van der Waals surface area contributed by atoms with Gasteiger partial charge in [0.05, 0.1) is 11.6 Å². The van der Waals surface area contributed by atoms with Crippen LogP contribution in [0.1, 0.15) is 11.1 Å². The highest BCUT2D eigenvalue weighted by molar-refractivity contribution is 7.86. The Labute approximate surface area is 139 Å². The van der Waals surface area contributed by atoms with E-state index in [1.165, 1.54) is 0 Å². The van der Waals surface area contributed by atoms with Crippen molar-refractivity contribution in [2.45, 2.75) is 13.8 Å². The van der Waals surface area contributed by atoms with Crippen LogP contribution in [0.5, 0.6) is 5.75 Å². The van der Waals surface area contributed by atoms with Crippen LogP contribution in [0.4, 0.5) is 0 Å². The Hall–Kier alpha value is -2.60. The van der Waals surface area contributed by atoms with Crippen LogP contribution in [-0.2, 0) is 10.1 Å². The number of hydrogen-bond donors (Lipinski definition) is 0. The van der Waals surface area contributed by atoms with Crippen molar-refractivity contribution >= 4 is 21.1 Å². The van der Waals surface area contributed by atoms with Gasteiger partial charge in [0.15, 0.2) is 5.76 Å². The lowest BCUT2D eigenvalue weighted by Crippen LogP contribution is -2.15. The molecule has 6 heteroatoms. The Morgan fingerprint density at radius 1 is 0.958 bits per heavy atom. The summed E-state index contributed by atoms with van der Waals surface area (Å²) in [5, 5.41) is 0.282. The predicted molar refractivity (Wildman–Crippen MR) is 92.9 cm³/mol. The molecule has 5 nitrogen and oxygen atoms in total. The van der Waals surface area contributed by atoms with Crippen LogP contribution in [0.3, 0.4) is 0 Å². The second-order valence-corrected chi connectivity index (χ2v) is 7.32. The first kappa shape index (κ1) is 16.3. The molecular weight excluding hydrogens is 328 g/mol. The molecule has 1 heterocycles. The fourth-order valence-corrected chi connectivity index (χ4v) is 2.87. The van der Waals surface area contributed by atoms with Gasteiger partial charge in [0.2, 0.25) is 11.2 Å². The van der Waals surface area contributed by atoms with Crippen molar-refractivity contribution in [3.8, 4) is 17.1 Å². The fraction of sp³-hybridized carbons (Fsp3) is 0.167. The van der Waals surface area contributed by atoms with E-state index < -0.39 is 15.5 Å². The normalized spacial score (nSPS) is 11.6. The molecule has 0 saturated carbocycles. The summed E-state index contributed by atoms with van der Waals surface area (Å²) >= 11 is 0. The molecule has 0 N–H and O–H groups in total. The van der Waals surface area contributed by atoms with Crippen molar-refractivity contribution < 1.29 is 17.0 Å². The van der Waals surface area contributed by atoms with Gasteiger partial charge >= 0.3 is 10.1 Å². The van der Waals surface area contributed by atoms with Crippen LogP contribution in [-0.4, -0.2) is 14.7 Å². The predicted octanol–water partition coefficient (Wildman–Crippen LogP) is 3.42. The first-order valence-corrected chi connectivity index (χ1v) is 9.10. The van der Waals surface area contributed by atoms with Crippen LogP contribution < -0.4 is 9.61 Å². The van der Waals surface area contributed by atoms with Gasteiger partial charge in [-0.2, -0.15) is 8.42 Å². The van der Waals surface area contributed by atoms with Crippen molar-refractivity contribution in [2.24, 2.45) is 0 Å². The molecule has 0 fully saturated rings. The van der Waals surface area contributed by atoms with E-state index in [0.29, 0.717) is 11.1 Å². The maximum atomic E-state index is 12.8. The topological polar surface area (TPSA) is 73.6 Å². The van der Waals surface area contributed by atoms with Crippen LogP contribution in [0.25, 0.3) is 22.3 Å². The summed E-state index contributed by atoms with van der Waals surface area (Å²) in [5.74, 6) is -0.221. The highest BCUT2D eigenvalue weighted by atomic mass is 32.2. The summed E-state index contributed by atoms with van der Waals surface area (Å²) < 4.78 is 34.0. The van der Waals surface area contributed by atoms with Crippen molar-refractivity contribution in [1.82, 2.24) is 0 Å². The molecule has 0 atom stereocenters. The summed E-state index contributed by atoms with van der Waals surface area (Å²) in [5.41, 5.74) is 2.33. The highest BCUT2D eigenvalue weighted by Gasteiger charge is 2.21. The minimum Gasteiger partial charge on any atom is -0.452 e. The lowest BCUT2D eigenvalue weighted by Gasteiger charge is -2.10. The number of fused-ring (bicyclic) bond motifs is 1. The van der Waals surface area contributed by atoms with Crippen LogP contribution in [0.15, 0.2) is 51.7 Å². The number of aryl methyl sites for hydroxylation is 2. The van der Waals surface area contributed by atoms with E-state index in [4.69, 9.17) is 8.60 Å². The van der Waals surface area contributed by atoms with Gasteiger partial charge in [0.25, 0.3) is 0 Å². The Kier molecular flexibility index (Phi) is 3.93. The molecule has 0 unspecified atom stereocenters. The molecule has 0 saturated heterocycles. The lowest BCUT2D eigenvalue weighted by molar-refractivity contribution is 0.477. The van der Waals surface area contributed by atoms with Gasteiger partial charge in [-0.15, -0.1) is 0 Å². The van der Waals surface area contributed by atoms with E-state index in [1.807, 2.05) is 32.0 Å². The van der Waals surface area contributed by atoms with Gasteiger partial charge in [-0.3, -0.25) is 4.79 Å². The van der Waals surface area contributed by atoms with Gasteiger partial charge in [-0.05, 0) is 26.0 Å². The maximum absolute atomic E-state index is 12.8. The molecule has 0 aliphatic rings. The van der Waals surface area contributed by atoms with Crippen molar-refractivity contribution in [3.05, 3.63) is 63.8 Å². The molecule has 0 aliphatic heterocycles. The van der Waals surface area contributed by atoms with E-state index in [1.54, 1.807) is 24.3 Å². The van der Waals surface area contributed by atoms with E-state index in [0.717, 1.165) is 17.4 Å². The second kappa shape index (κ2) is 5.79. The molecule has 0 aliphatic carbocycles. The maximum Gasteiger partial charge on any atom is 0.306 e. The van der Waals surface area contributed by atoms with Crippen molar-refractivity contribution in [1.29, 1.82) is 0 Å². The lowest BCUT2D eigenvalue weighted by atomic mass is 10.1. The smallest absolute Gasteiger partial charge is 0.306 e. The Bertz CT molecular complexity index is 1080. The summed E-state index contributed by atoms with van der Waals surface area (Å²) in [7, 11) is -3.88. The molecule has 3 rings (SSSR count). The largest absolute Gasteiger partial charge is 0.452 e. The minimum atomic E-state index is -3.88. The molecule has 1 aromatic heterocycles. The molecule has 24 heavy (non-hydrogen) atoms. The van der Waals surface area contributed by atoms with E-state index in [2.05, 4.69) is 0 Å². The highest BCUT2D eigenvalue weighted by Crippen LogP contribution is 2.32. The third-order valence-corrected chi connectivity index (χ3v) is 4.02. The van der Waals surface area contributed by atoms with E-state index >= 15 is 0 Å². The van der Waals surface area contributed by atoms with Crippen LogP contribution >= 0.6 is 0 Å². The summed E-state index contributed by atoms with van der Waals surface area (Å²) in [6.07, 6.45) is 0.895. The summed E-state index contributed by atoms with van der Waals surface area (Å²) in [6, 6.07) is 12.4. The zero-order valence-corrected chi connectivity index (χ0v) is 14.3. The third-order valence-electron chi connectivity index (χ3n) is 3.55. The average Bonchev–Trinajstić information content (AvgIpc) is 2.50. The molecule has 124 valence electrons. The van der Waals surface area contributed by atoms with Gasteiger partial charge in [0.1, 0.15) is 5.58 Å². The number of rotatable bonds is 3. The van der Waals surface area contributed by atoms with Crippen LogP contribution in [0, 0.1) is 13.8 Å². The fourth-order valence-electron chi connectivity index (χ4n) is 2.41. The van der Waals surface area contributed by atoms with E-state index in [-0.39, 0.29) is 16.9 Å². The Morgan fingerprint density at radius 3 is 2.21 bits per heavy atom. The van der Waals surface area contributed by atoms with Crippen LogP contribution in [0.2, 0.25) is 0 Å². The second-order valence-electron chi connectivity index (χ2n) is 5.74. The first-order valence-electron chi connectivity index (χ1n) is 7.28. The molecule has 0 amide bonds. The molecule has 2 aromatic carbocycles. The molecular formula is C18H16O5S. The number of benzene rings is 2. The third kappa shape index (κ3) is 3.19. The average molecular weight is 344 g/mol. The number of hydrogen-bond acceptors (Lipinski definition) is 5. The summed E-state index contributed by atoms with van der Waals surface area (Å²) in [6.45, 7) is 3.76. The van der Waals surface area contributed by atoms with Gasteiger partial charge in [0, 0.05) is 5.56 Å². The van der Waals surface area contributed by atoms with Gasteiger partial charge < -0.3 is 8.60 Å². The van der Waals surface area contributed by atoms with E-state index in [9.17, 15) is 13.2 Å². The van der Waals surface area contributed by atoms with Gasteiger partial charge in [-0.1, -0.05) is 41.5 Å². The molecule has 0 radical (unpaired) electrons. The standard InChI is InChI=1S/C18H16O5S/c1-11-4-7-13(8-5-11)17-18(23-24(3,20)21)16(19)14-10-12(2)6-9-15(14)22-17/h4-10H,1-3H3. The quantitative estimate of drug-likeness (QED) is 0.681. The van der Waals surface area contributed by atoms with Gasteiger partial charge in [-0.25, -0.2) is 0 Å². The monoisotopic (exact) mass is 344 g/mol. The zero-order chi connectivity index (χ0) is 17.5. The SMILES string of the molecule is Cc1ccc(-c2oc3ccc(C)cc3c(=O)c2OS(C)(=O)=O)cc1.